The Morgan fingerprint density at radius 2 is 2.20 bits per heavy atom. The average molecular weight is 360 g/mol. The molecule has 6 nitrogen and oxygen atoms in total. The van der Waals surface area contributed by atoms with Gasteiger partial charge in [-0.05, 0) is 37.1 Å². The number of fused-ring (bicyclic) bond motifs is 1. The molecule has 2 aromatic rings. The van der Waals surface area contributed by atoms with Gasteiger partial charge in [0, 0.05) is 38.0 Å². The molecular weight excluding hydrogens is 336 g/mol. The lowest BCUT2D eigenvalue weighted by atomic mass is 9.73. The summed E-state index contributed by atoms with van der Waals surface area (Å²) in [5.74, 6) is 1.21. The number of β-amino-alcohol motifs (C(OH)–C–C–N with tert-alkyl or cyclic N) is 1. The van der Waals surface area contributed by atoms with Crippen molar-refractivity contribution < 1.29 is 9.90 Å². The Morgan fingerprint density at radius 3 is 3.04 bits per heavy atom. The Morgan fingerprint density at radius 1 is 1.32 bits per heavy atom. The van der Waals surface area contributed by atoms with Gasteiger partial charge in [-0.2, -0.15) is 0 Å². The fourth-order valence-electron chi connectivity index (χ4n) is 4.33. The van der Waals surface area contributed by atoms with E-state index in [0.29, 0.717) is 13.0 Å². The van der Waals surface area contributed by atoms with Gasteiger partial charge in [-0.1, -0.05) is 0 Å². The molecule has 4 rings (SSSR count). The van der Waals surface area contributed by atoms with Gasteiger partial charge in [-0.3, -0.25) is 4.79 Å². The summed E-state index contributed by atoms with van der Waals surface area (Å²) >= 11 is 1.71. The van der Waals surface area contributed by atoms with Gasteiger partial charge in [0.2, 0.25) is 5.91 Å². The standard InChI is InChI=1S/C18H24N4O2S/c1-13-9-25-16-15(13)19-12-20-17(16)22-6-2-4-18(11-22)5-3-14(24)21(10-18)7-8-23/h9,12,23H,2-8,10-11H2,1H3/t18-/m0/s1. The number of amides is 1. The summed E-state index contributed by atoms with van der Waals surface area (Å²) in [7, 11) is 0. The first-order valence-electron chi connectivity index (χ1n) is 8.94. The molecule has 0 unspecified atom stereocenters. The molecule has 1 atom stereocenters. The van der Waals surface area contributed by atoms with Gasteiger partial charge in [0.05, 0.1) is 16.8 Å². The van der Waals surface area contributed by atoms with E-state index in [0.717, 1.165) is 54.9 Å². The number of rotatable bonds is 3. The van der Waals surface area contributed by atoms with Crippen LogP contribution in [0, 0.1) is 12.3 Å². The van der Waals surface area contributed by atoms with E-state index in [1.54, 1.807) is 17.7 Å². The molecule has 0 aliphatic carbocycles. The summed E-state index contributed by atoms with van der Waals surface area (Å²) in [5, 5.41) is 11.4. The van der Waals surface area contributed by atoms with E-state index < -0.39 is 0 Å². The third-order valence-electron chi connectivity index (χ3n) is 5.59. The topological polar surface area (TPSA) is 69.6 Å². The van der Waals surface area contributed by atoms with Crippen LogP contribution < -0.4 is 4.90 Å². The minimum Gasteiger partial charge on any atom is -0.395 e. The zero-order valence-corrected chi connectivity index (χ0v) is 15.4. The van der Waals surface area contributed by atoms with Crippen LogP contribution in [0.3, 0.4) is 0 Å². The number of aromatic nitrogens is 2. The van der Waals surface area contributed by atoms with Crippen molar-refractivity contribution in [2.24, 2.45) is 5.41 Å². The molecule has 134 valence electrons. The van der Waals surface area contributed by atoms with Gasteiger partial charge >= 0.3 is 0 Å². The van der Waals surface area contributed by atoms with Gasteiger partial charge in [-0.25, -0.2) is 9.97 Å². The molecule has 0 bridgehead atoms. The van der Waals surface area contributed by atoms with Crippen LogP contribution in [0.4, 0.5) is 5.82 Å². The molecule has 2 aromatic heterocycles. The van der Waals surface area contributed by atoms with Gasteiger partial charge in [0.15, 0.2) is 0 Å². The van der Waals surface area contributed by atoms with Crippen molar-refractivity contribution >= 4 is 33.3 Å². The highest BCUT2D eigenvalue weighted by atomic mass is 32.1. The van der Waals surface area contributed by atoms with E-state index in [1.807, 2.05) is 4.90 Å². The van der Waals surface area contributed by atoms with Gasteiger partial charge in [-0.15, -0.1) is 11.3 Å². The van der Waals surface area contributed by atoms with Crippen molar-refractivity contribution in [3.05, 3.63) is 17.3 Å². The van der Waals surface area contributed by atoms with Gasteiger partial charge in [0.1, 0.15) is 12.1 Å². The molecule has 1 spiro atoms. The summed E-state index contributed by atoms with van der Waals surface area (Å²) in [5.41, 5.74) is 2.37. The van der Waals surface area contributed by atoms with Gasteiger partial charge < -0.3 is 14.9 Å². The summed E-state index contributed by atoms with van der Waals surface area (Å²) in [4.78, 5) is 25.4. The van der Waals surface area contributed by atoms with Crippen molar-refractivity contribution in [3.63, 3.8) is 0 Å². The molecule has 2 fully saturated rings. The number of aliphatic hydroxyl groups excluding tert-OH is 1. The molecule has 25 heavy (non-hydrogen) atoms. The number of carbonyl (C=O) groups excluding carboxylic acids is 1. The number of piperidine rings is 2. The van der Waals surface area contributed by atoms with Gasteiger partial charge in [0.25, 0.3) is 0 Å². The number of thiophene rings is 1. The lowest BCUT2D eigenvalue weighted by molar-refractivity contribution is -0.138. The Kier molecular flexibility index (Phi) is 4.37. The number of hydrogen-bond acceptors (Lipinski definition) is 6. The highest BCUT2D eigenvalue weighted by Crippen LogP contribution is 2.41. The maximum Gasteiger partial charge on any atom is 0.222 e. The predicted molar refractivity (Wildman–Crippen MR) is 98.9 cm³/mol. The van der Waals surface area contributed by atoms with E-state index in [2.05, 4.69) is 27.2 Å². The number of anilines is 1. The van der Waals surface area contributed by atoms with Crippen LogP contribution in [-0.4, -0.2) is 58.7 Å². The number of hydrogen-bond donors (Lipinski definition) is 1. The molecule has 2 saturated heterocycles. The Labute approximate surface area is 151 Å². The zero-order chi connectivity index (χ0) is 17.4. The summed E-state index contributed by atoms with van der Waals surface area (Å²) in [6.07, 6.45) is 5.43. The predicted octanol–water partition coefficient (Wildman–Crippen LogP) is 2.20. The van der Waals surface area contributed by atoms with Crippen LogP contribution in [0.2, 0.25) is 0 Å². The summed E-state index contributed by atoms with van der Waals surface area (Å²) in [6, 6.07) is 0. The number of nitrogens with zero attached hydrogens (tertiary/aromatic N) is 4. The molecule has 0 aromatic carbocycles. The number of likely N-dealkylation sites (tertiary alicyclic amines) is 1. The average Bonchev–Trinajstić information content (AvgIpc) is 3.00. The molecule has 2 aliphatic rings. The van der Waals surface area contributed by atoms with Crippen LogP contribution in [0.25, 0.3) is 10.2 Å². The fourth-order valence-corrected chi connectivity index (χ4v) is 5.35. The van der Waals surface area contributed by atoms with Crippen molar-refractivity contribution in [1.82, 2.24) is 14.9 Å². The Balaban J connectivity index is 1.61. The molecule has 2 aliphatic heterocycles. The molecular formula is C18H24N4O2S. The summed E-state index contributed by atoms with van der Waals surface area (Å²) < 4.78 is 1.16. The van der Waals surface area contributed by atoms with Crippen LogP contribution >= 0.6 is 11.3 Å². The van der Waals surface area contributed by atoms with E-state index in [9.17, 15) is 9.90 Å². The lowest BCUT2D eigenvalue weighted by Gasteiger charge is -2.48. The first kappa shape index (κ1) is 16.7. The fraction of sp³-hybridized carbons (Fsp3) is 0.611. The zero-order valence-electron chi connectivity index (χ0n) is 14.6. The minimum absolute atomic E-state index is 0.0343. The first-order valence-corrected chi connectivity index (χ1v) is 9.82. The third kappa shape index (κ3) is 3.00. The minimum atomic E-state index is 0.0343. The molecule has 7 heteroatoms. The second-order valence-electron chi connectivity index (χ2n) is 7.36. The molecule has 1 amide bonds. The number of aryl methyl sites for hydroxylation is 1. The number of aliphatic hydroxyl groups is 1. The van der Waals surface area contributed by atoms with Crippen LogP contribution in [-0.2, 0) is 4.79 Å². The van der Waals surface area contributed by atoms with E-state index in [1.165, 1.54) is 5.56 Å². The van der Waals surface area contributed by atoms with Crippen molar-refractivity contribution in [1.29, 1.82) is 0 Å². The summed E-state index contributed by atoms with van der Waals surface area (Å²) in [6.45, 7) is 5.24. The highest BCUT2D eigenvalue weighted by Gasteiger charge is 2.42. The van der Waals surface area contributed by atoms with Crippen LogP contribution in [0.5, 0.6) is 0 Å². The number of carbonyl (C=O) groups is 1. The van der Waals surface area contributed by atoms with E-state index in [-0.39, 0.29) is 17.9 Å². The lowest BCUT2D eigenvalue weighted by Crippen LogP contribution is -2.54. The molecule has 4 heterocycles. The largest absolute Gasteiger partial charge is 0.395 e. The van der Waals surface area contributed by atoms with Crippen molar-refractivity contribution in [2.75, 3.05) is 37.7 Å². The first-order chi connectivity index (χ1) is 12.1. The van der Waals surface area contributed by atoms with Crippen LogP contribution in [0.15, 0.2) is 11.7 Å². The molecule has 0 radical (unpaired) electrons. The van der Waals surface area contributed by atoms with Crippen molar-refractivity contribution in [2.45, 2.75) is 32.6 Å². The monoisotopic (exact) mass is 360 g/mol. The maximum absolute atomic E-state index is 12.1. The normalized spacial score (nSPS) is 24.5. The molecule has 0 saturated carbocycles. The highest BCUT2D eigenvalue weighted by molar-refractivity contribution is 7.18. The SMILES string of the molecule is Cc1csc2c(N3CCC[C@@]4(CCC(=O)N(CCO)C4)C3)ncnc12. The van der Waals surface area contributed by atoms with Crippen molar-refractivity contribution in [3.8, 4) is 0 Å². The van der Waals surface area contributed by atoms with Crippen LogP contribution in [0.1, 0.15) is 31.2 Å². The smallest absolute Gasteiger partial charge is 0.222 e. The second-order valence-corrected chi connectivity index (χ2v) is 8.24. The quantitative estimate of drug-likeness (QED) is 0.909. The maximum atomic E-state index is 12.1. The Bertz CT molecular complexity index is 792. The third-order valence-corrected chi connectivity index (χ3v) is 6.67. The Hall–Kier alpha value is -1.73. The van der Waals surface area contributed by atoms with E-state index >= 15 is 0 Å². The van der Waals surface area contributed by atoms with E-state index in [4.69, 9.17) is 0 Å². The molecule has 1 N–H and O–H groups in total. The second kappa shape index (κ2) is 6.53.